The number of nitrogens with zero attached hydrogens (tertiary/aromatic N) is 2. The van der Waals surface area contributed by atoms with Crippen molar-refractivity contribution in [3.8, 4) is 0 Å². The van der Waals surface area contributed by atoms with Gasteiger partial charge in [0.15, 0.2) is 0 Å². The lowest BCUT2D eigenvalue weighted by Crippen LogP contribution is -2.58. The van der Waals surface area contributed by atoms with Gasteiger partial charge in [-0.05, 0) is 24.9 Å². The van der Waals surface area contributed by atoms with Gasteiger partial charge in [-0.25, -0.2) is 0 Å². The molecule has 3 aliphatic heterocycles. The Hall–Kier alpha value is -1.43. The van der Waals surface area contributed by atoms with E-state index in [4.69, 9.17) is 0 Å². The van der Waals surface area contributed by atoms with Crippen molar-refractivity contribution in [2.24, 2.45) is 0 Å². The van der Waals surface area contributed by atoms with E-state index in [1.54, 1.807) is 0 Å². The Morgan fingerprint density at radius 2 is 2.05 bits per heavy atom. The van der Waals surface area contributed by atoms with Crippen molar-refractivity contribution in [2.75, 3.05) is 39.3 Å². The van der Waals surface area contributed by atoms with E-state index in [0.29, 0.717) is 6.42 Å². The first-order valence-corrected chi connectivity index (χ1v) is 8.18. The van der Waals surface area contributed by atoms with Gasteiger partial charge in [0.25, 0.3) is 0 Å². The summed E-state index contributed by atoms with van der Waals surface area (Å²) in [6, 6.07) is 9.70. The average Bonchev–Trinajstić information content (AvgIpc) is 2.90. The third kappa shape index (κ3) is 3.66. The minimum Gasteiger partial charge on any atom is -0.394 e. The fraction of sp³-hybridized carbons (Fsp3) is 0.588. The third-order valence-electron chi connectivity index (χ3n) is 4.69. The maximum absolute atomic E-state index is 12.6. The second-order valence-corrected chi connectivity index (χ2v) is 6.28. The highest BCUT2D eigenvalue weighted by molar-refractivity contribution is 5.82. The lowest BCUT2D eigenvalue weighted by molar-refractivity contribution is -0.129. The summed E-state index contributed by atoms with van der Waals surface area (Å²) in [6.45, 7) is 4.91. The van der Waals surface area contributed by atoms with Crippen LogP contribution in [0.25, 0.3) is 0 Å². The van der Waals surface area contributed by atoms with Crippen molar-refractivity contribution < 1.29 is 9.90 Å². The number of hydrogen-bond acceptors (Lipinski definition) is 4. The van der Waals surface area contributed by atoms with Crippen LogP contribution in [0.1, 0.15) is 12.0 Å². The van der Waals surface area contributed by atoms with Crippen molar-refractivity contribution in [1.82, 2.24) is 15.1 Å². The Kier molecular flexibility index (Phi) is 5.08. The van der Waals surface area contributed by atoms with Gasteiger partial charge in [0, 0.05) is 26.2 Å². The zero-order valence-electron chi connectivity index (χ0n) is 12.9. The van der Waals surface area contributed by atoms with E-state index in [-0.39, 0.29) is 24.6 Å². The number of rotatable bonds is 5. The fourth-order valence-corrected chi connectivity index (χ4v) is 3.45. The van der Waals surface area contributed by atoms with Gasteiger partial charge >= 0.3 is 0 Å². The molecule has 120 valence electrons. The second kappa shape index (κ2) is 7.22. The Morgan fingerprint density at radius 3 is 2.82 bits per heavy atom. The molecule has 0 aliphatic carbocycles. The van der Waals surface area contributed by atoms with E-state index in [2.05, 4.69) is 15.1 Å². The van der Waals surface area contributed by atoms with E-state index in [0.717, 1.165) is 44.7 Å². The van der Waals surface area contributed by atoms with E-state index in [9.17, 15) is 9.90 Å². The summed E-state index contributed by atoms with van der Waals surface area (Å²) >= 11 is 0. The van der Waals surface area contributed by atoms with Gasteiger partial charge in [-0.15, -0.1) is 0 Å². The summed E-state index contributed by atoms with van der Waals surface area (Å²) in [5.41, 5.74) is 1.13. The minimum atomic E-state index is -0.215. The van der Waals surface area contributed by atoms with Crippen LogP contribution in [-0.4, -0.2) is 72.2 Å². The van der Waals surface area contributed by atoms with Crippen LogP contribution in [-0.2, 0) is 11.2 Å². The first-order valence-electron chi connectivity index (χ1n) is 8.18. The molecule has 5 heteroatoms. The maximum Gasteiger partial charge on any atom is 0.238 e. The number of carbonyl (C=O) groups excluding carboxylic acids is 1. The lowest BCUT2D eigenvalue weighted by atomic mass is 10.1. The molecule has 3 saturated heterocycles. The highest BCUT2D eigenvalue weighted by atomic mass is 16.3. The predicted molar refractivity (Wildman–Crippen MR) is 85.6 cm³/mol. The number of piperazine rings is 1. The van der Waals surface area contributed by atoms with Gasteiger partial charge in [-0.2, -0.15) is 0 Å². The summed E-state index contributed by atoms with van der Waals surface area (Å²) in [7, 11) is 0. The van der Waals surface area contributed by atoms with Gasteiger partial charge in [0.2, 0.25) is 5.91 Å². The van der Waals surface area contributed by atoms with Crippen molar-refractivity contribution in [2.45, 2.75) is 24.9 Å². The fourth-order valence-electron chi connectivity index (χ4n) is 3.45. The Morgan fingerprint density at radius 1 is 1.23 bits per heavy atom. The summed E-state index contributed by atoms with van der Waals surface area (Å²) in [4.78, 5) is 17.3. The molecule has 2 N–H and O–H groups in total. The first kappa shape index (κ1) is 15.5. The predicted octanol–water partition coefficient (Wildman–Crippen LogP) is 0.0961. The molecule has 0 saturated carbocycles. The quantitative estimate of drug-likeness (QED) is 0.810. The molecule has 1 aromatic carbocycles. The molecular weight excluding hydrogens is 278 g/mol. The number of nitrogens with one attached hydrogen (secondary N) is 1. The Balaban J connectivity index is 1.59. The van der Waals surface area contributed by atoms with Crippen LogP contribution in [0.2, 0.25) is 0 Å². The average molecular weight is 303 g/mol. The maximum atomic E-state index is 12.6. The van der Waals surface area contributed by atoms with Gasteiger partial charge in [-0.3, -0.25) is 14.6 Å². The number of amides is 1. The molecule has 0 spiro atoms. The van der Waals surface area contributed by atoms with Crippen molar-refractivity contribution >= 4 is 5.91 Å². The smallest absolute Gasteiger partial charge is 0.238 e. The molecule has 1 aromatic rings. The van der Waals surface area contributed by atoms with Gasteiger partial charge < -0.3 is 10.4 Å². The lowest BCUT2D eigenvalue weighted by Gasteiger charge is -2.37. The summed E-state index contributed by atoms with van der Waals surface area (Å²) in [5, 5.41) is 12.6. The normalized spacial score (nSPS) is 28.9. The number of carbonyl (C=O) groups is 1. The number of fused-ring (bicyclic) bond motifs is 4. The molecule has 3 aliphatic rings. The van der Waals surface area contributed by atoms with Crippen LogP contribution in [0.3, 0.4) is 0 Å². The monoisotopic (exact) mass is 303 g/mol. The Bertz CT molecular complexity index is 490. The van der Waals surface area contributed by atoms with E-state index < -0.39 is 0 Å². The first-order chi connectivity index (χ1) is 10.8. The molecule has 3 unspecified atom stereocenters. The number of aliphatic hydroxyl groups excluding tert-OH is 1. The SMILES string of the molecule is O=C(N[C@H](CO)Cc1ccccc1)C1CN2CCCN1CC2. The van der Waals surface area contributed by atoms with Crippen LogP contribution < -0.4 is 5.32 Å². The highest BCUT2D eigenvalue weighted by Gasteiger charge is 2.34. The summed E-state index contributed by atoms with van der Waals surface area (Å²) < 4.78 is 0. The van der Waals surface area contributed by atoms with Crippen LogP contribution in [0.5, 0.6) is 0 Å². The molecule has 0 radical (unpaired) electrons. The molecule has 4 atom stereocenters. The minimum absolute atomic E-state index is 0.0307. The number of aliphatic hydroxyl groups is 1. The third-order valence-corrected chi connectivity index (χ3v) is 4.69. The van der Waals surface area contributed by atoms with Gasteiger partial charge in [0.1, 0.15) is 6.04 Å². The van der Waals surface area contributed by atoms with Crippen molar-refractivity contribution in [1.29, 1.82) is 0 Å². The molecule has 4 rings (SSSR count). The van der Waals surface area contributed by atoms with Crippen LogP contribution >= 0.6 is 0 Å². The van der Waals surface area contributed by atoms with Crippen LogP contribution in [0.15, 0.2) is 30.3 Å². The van der Waals surface area contributed by atoms with Crippen molar-refractivity contribution in [3.05, 3.63) is 35.9 Å². The largest absolute Gasteiger partial charge is 0.394 e. The standard InChI is InChI=1S/C17H25N3O2/c21-13-15(11-14-5-2-1-3-6-14)18-17(22)16-12-19-7-4-8-20(16)10-9-19/h1-3,5-6,15-16,21H,4,7-13H2,(H,18,22)/t15-,16?/m0/s1. The molecule has 2 bridgehead atoms. The zero-order chi connectivity index (χ0) is 15.4. The van der Waals surface area contributed by atoms with E-state index in [1.807, 2.05) is 30.3 Å². The van der Waals surface area contributed by atoms with Gasteiger partial charge in [-0.1, -0.05) is 30.3 Å². The second-order valence-electron chi connectivity index (χ2n) is 6.28. The highest BCUT2D eigenvalue weighted by Crippen LogP contribution is 2.16. The summed E-state index contributed by atoms with van der Waals surface area (Å²) in [5.74, 6) is 0.0570. The molecule has 3 heterocycles. The zero-order valence-corrected chi connectivity index (χ0v) is 12.9. The number of benzene rings is 1. The molecule has 0 aromatic heterocycles. The van der Waals surface area contributed by atoms with Crippen LogP contribution in [0.4, 0.5) is 0 Å². The molecular formula is C17H25N3O2. The van der Waals surface area contributed by atoms with Gasteiger partial charge in [0.05, 0.1) is 12.6 Å². The molecule has 5 nitrogen and oxygen atoms in total. The van der Waals surface area contributed by atoms with E-state index >= 15 is 0 Å². The number of hydrogen-bond donors (Lipinski definition) is 2. The Labute approximate surface area is 131 Å². The molecule has 3 fully saturated rings. The molecule has 22 heavy (non-hydrogen) atoms. The summed E-state index contributed by atoms with van der Waals surface area (Å²) in [6.07, 6.45) is 1.80. The van der Waals surface area contributed by atoms with Crippen LogP contribution in [0, 0.1) is 0 Å². The van der Waals surface area contributed by atoms with Crippen molar-refractivity contribution in [3.63, 3.8) is 0 Å². The molecule has 1 amide bonds. The van der Waals surface area contributed by atoms with E-state index in [1.165, 1.54) is 0 Å². The topological polar surface area (TPSA) is 55.8 Å².